The number of anilines is 6. The third kappa shape index (κ3) is 8.44. The van der Waals surface area contributed by atoms with Crippen molar-refractivity contribution < 1.29 is 0 Å². The summed E-state index contributed by atoms with van der Waals surface area (Å²) in [5.74, 6) is 0.631. The van der Waals surface area contributed by atoms with E-state index in [1.807, 2.05) is 0 Å². The molecule has 0 aliphatic heterocycles. The lowest BCUT2D eigenvalue weighted by Crippen LogP contribution is -2.16. The van der Waals surface area contributed by atoms with E-state index in [1.165, 1.54) is 110 Å². The van der Waals surface area contributed by atoms with Crippen molar-refractivity contribution in [3.63, 3.8) is 0 Å². The quantitative estimate of drug-likeness (QED) is 0.128. The van der Waals surface area contributed by atoms with Crippen LogP contribution in [0.4, 0.5) is 34.1 Å². The predicted octanol–water partition coefficient (Wildman–Crippen LogP) is 19.6. The van der Waals surface area contributed by atoms with Crippen LogP contribution in [0.25, 0.3) is 55.6 Å². The molecule has 0 aromatic heterocycles. The summed E-state index contributed by atoms with van der Waals surface area (Å²) in [4.78, 5) is 4.81. The minimum atomic E-state index is -0.102. The van der Waals surface area contributed by atoms with Crippen LogP contribution in [0.1, 0.15) is 68.6 Å². The van der Waals surface area contributed by atoms with Crippen molar-refractivity contribution in [3.8, 4) is 55.6 Å². The van der Waals surface area contributed by atoms with Crippen molar-refractivity contribution in [1.82, 2.24) is 0 Å². The summed E-state index contributed by atoms with van der Waals surface area (Å²) < 4.78 is 0. The number of para-hydroxylation sites is 2. The molecule has 0 unspecified atom stereocenters. The number of hydrogen-bond donors (Lipinski definition) is 0. The zero-order chi connectivity index (χ0) is 47.7. The lowest BCUT2D eigenvalue weighted by molar-refractivity contribution is 0.443. The first kappa shape index (κ1) is 44.0. The molecule has 0 atom stereocenters. The van der Waals surface area contributed by atoms with Crippen molar-refractivity contribution in [2.24, 2.45) is 0 Å². The second kappa shape index (κ2) is 18.9. The van der Waals surface area contributed by atoms with Gasteiger partial charge >= 0.3 is 0 Å². The van der Waals surface area contributed by atoms with Crippen molar-refractivity contribution in [2.45, 2.75) is 57.3 Å². The van der Waals surface area contributed by atoms with Gasteiger partial charge in [-0.15, -0.1) is 0 Å². The largest absolute Gasteiger partial charge is 0.310 e. The molecule has 2 aliphatic rings. The second-order valence-corrected chi connectivity index (χ2v) is 19.9. The Bertz CT molecular complexity index is 3440. The van der Waals surface area contributed by atoms with Gasteiger partial charge in [-0.2, -0.15) is 0 Å². The van der Waals surface area contributed by atoms with Gasteiger partial charge in [-0.25, -0.2) is 0 Å². The van der Waals surface area contributed by atoms with Crippen LogP contribution in [0.5, 0.6) is 0 Å². The third-order valence-electron chi connectivity index (χ3n) is 15.3. The normalized spacial score (nSPS) is 13.8. The van der Waals surface area contributed by atoms with Crippen LogP contribution in [-0.4, -0.2) is 0 Å². The number of benzene rings is 10. The zero-order valence-corrected chi connectivity index (χ0v) is 40.7. The van der Waals surface area contributed by atoms with Crippen LogP contribution in [0, 0.1) is 0 Å². The molecule has 1 fully saturated rings. The fourth-order valence-electron chi connectivity index (χ4n) is 11.6. The van der Waals surface area contributed by atoms with Gasteiger partial charge < -0.3 is 9.80 Å². The number of hydrogen-bond acceptors (Lipinski definition) is 2. The smallest absolute Gasteiger partial charge is 0.0465 e. The van der Waals surface area contributed by atoms with E-state index < -0.39 is 0 Å². The summed E-state index contributed by atoms with van der Waals surface area (Å²) >= 11 is 0. The lowest BCUT2D eigenvalue weighted by atomic mass is 9.82. The Morgan fingerprint density at radius 1 is 0.296 bits per heavy atom. The van der Waals surface area contributed by atoms with Gasteiger partial charge in [0.25, 0.3) is 0 Å². The van der Waals surface area contributed by atoms with Crippen LogP contribution in [-0.2, 0) is 5.41 Å². The Morgan fingerprint density at radius 3 is 1.21 bits per heavy atom. The highest BCUT2D eigenvalue weighted by atomic mass is 15.1. The molecule has 2 heteroatoms. The Kier molecular flexibility index (Phi) is 11.8. The van der Waals surface area contributed by atoms with E-state index in [0.717, 1.165) is 28.4 Å². The van der Waals surface area contributed by atoms with Gasteiger partial charge in [-0.3, -0.25) is 0 Å². The minimum absolute atomic E-state index is 0.102. The number of rotatable bonds is 11. The van der Waals surface area contributed by atoms with E-state index in [2.05, 4.69) is 272 Å². The zero-order valence-electron chi connectivity index (χ0n) is 40.7. The first-order valence-corrected chi connectivity index (χ1v) is 25.5. The number of nitrogens with zero attached hydrogens (tertiary/aromatic N) is 2. The van der Waals surface area contributed by atoms with E-state index in [9.17, 15) is 0 Å². The summed E-state index contributed by atoms with van der Waals surface area (Å²) in [7, 11) is 0. The van der Waals surface area contributed by atoms with Gasteiger partial charge in [0.2, 0.25) is 0 Å². The minimum Gasteiger partial charge on any atom is -0.310 e. The molecule has 10 aromatic carbocycles. The van der Waals surface area contributed by atoms with Gasteiger partial charge in [0.1, 0.15) is 0 Å². The first-order valence-electron chi connectivity index (χ1n) is 25.5. The Morgan fingerprint density at radius 2 is 0.690 bits per heavy atom. The van der Waals surface area contributed by atoms with Crippen LogP contribution in [0.2, 0.25) is 0 Å². The highest BCUT2D eigenvalue weighted by molar-refractivity contribution is 5.96. The van der Waals surface area contributed by atoms with Crippen molar-refractivity contribution in [3.05, 3.63) is 265 Å². The molecule has 2 aliphatic carbocycles. The third-order valence-corrected chi connectivity index (χ3v) is 15.3. The van der Waals surface area contributed by atoms with Crippen molar-refractivity contribution >= 4 is 34.1 Å². The molecule has 1 saturated carbocycles. The maximum Gasteiger partial charge on any atom is 0.0465 e. The monoisotopic (exact) mass is 914 g/mol. The van der Waals surface area contributed by atoms with Gasteiger partial charge in [0.05, 0.1) is 0 Å². The van der Waals surface area contributed by atoms with Crippen LogP contribution >= 0.6 is 0 Å². The van der Waals surface area contributed by atoms with Gasteiger partial charge in [0.15, 0.2) is 0 Å². The fraction of sp³-hybridized carbons (Fsp3) is 0.130. The maximum atomic E-state index is 2.44. The SMILES string of the molecule is CC1(C)c2ccccc2-c2ccc(N(c3ccccc3)c3ccc(-c4cc(-c5ccccc5)c(-c5ccc(N(c6ccccc6)c6cccc(C7CCCCC7)c6)cc5)cc4-c4ccccc4)cc3)cc21. The summed E-state index contributed by atoms with van der Waals surface area (Å²) in [5, 5.41) is 0. The lowest BCUT2D eigenvalue weighted by Gasteiger charge is -2.28. The molecule has 0 heterocycles. The molecule has 10 aromatic rings. The average molecular weight is 915 g/mol. The van der Waals surface area contributed by atoms with Crippen LogP contribution < -0.4 is 9.80 Å². The molecule has 0 saturated heterocycles. The van der Waals surface area contributed by atoms with E-state index in [-0.39, 0.29) is 5.41 Å². The van der Waals surface area contributed by atoms with E-state index in [4.69, 9.17) is 0 Å². The van der Waals surface area contributed by atoms with Crippen molar-refractivity contribution in [1.29, 1.82) is 0 Å². The van der Waals surface area contributed by atoms with Crippen LogP contribution in [0.3, 0.4) is 0 Å². The maximum absolute atomic E-state index is 2.44. The molecular weight excluding hydrogens is 857 g/mol. The first-order chi connectivity index (χ1) is 35.0. The fourth-order valence-corrected chi connectivity index (χ4v) is 11.6. The molecule has 0 spiro atoms. The topological polar surface area (TPSA) is 6.48 Å². The Balaban J connectivity index is 0.953. The van der Waals surface area contributed by atoms with E-state index >= 15 is 0 Å². The summed E-state index contributed by atoms with van der Waals surface area (Å²) in [6.07, 6.45) is 6.55. The van der Waals surface area contributed by atoms with Gasteiger partial charge in [0, 0.05) is 39.5 Å². The van der Waals surface area contributed by atoms with Gasteiger partial charge in [-0.1, -0.05) is 197 Å². The molecule has 344 valence electrons. The van der Waals surface area contributed by atoms with E-state index in [0.29, 0.717) is 5.92 Å². The molecular formula is C69H58N2. The molecule has 0 bridgehead atoms. The van der Waals surface area contributed by atoms with Gasteiger partial charge in [-0.05, 0) is 176 Å². The standard InChI is InChI=1S/C69H58N2/c1-69(2)67-34-19-18-33-61(67)62-44-43-60(46-68(62)69)71(56-30-16-7-17-31-56)58-41-37-53(38-42-58)66-48-63(50-23-10-4-11-24-50)65(47-64(66)51-25-12-5-13-26-51)52-35-39-57(40-36-52)70(55-28-14-6-15-29-55)59-32-20-27-54(45-59)49-21-8-3-9-22-49/h4-7,10-20,23-49H,3,8-9,21-22H2,1-2H3. The predicted molar refractivity (Wildman–Crippen MR) is 301 cm³/mol. The number of fused-ring (bicyclic) bond motifs is 3. The summed E-state index contributed by atoms with van der Waals surface area (Å²) in [5.41, 5.74) is 23.1. The van der Waals surface area contributed by atoms with E-state index in [1.54, 1.807) is 0 Å². The van der Waals surface area contributed by atoms with Crippen molar-refractivity contribution in [2.75, 3.05) is 9.80 Å². The molecule has 71 heavy (non-hydrogen) atoms. The average Bonchev–Trinajstić information content (AvgIpc) is 3.67. The molecule has 0 N–H and O–H groups in total. The molecule has 0 amide bonds. The summed E-state index contributed by atoms with van der Waals surface area (Å²) in [6.45, 7) is 4.71. The van der Waals surface area contributed by atoms with Crippen LogP contribution in [0.15, 0.2) is 249 Å². The Labute approximate surface area is 420 Å². The molecule has 12 rings (SSSR count). The Hall–Kier alpha value is -8.20. The second-order valence-electron chi connectivity index (χ2n) is 19.9. The highest BCUT2D eigenvalue weighted by Gasteiger charge is 2.36. The molecule has 2 nitrogen and oxygen atoms in total. The summed E-state index contributed by atoms with van der Waals surface area (Å²) in [6, 6.07) is 91.9. The molecule has 0 radical (unpaired) electrons. The highest BCUT2D eigenvalue weighted by Crippen LogP contribution is 2.51.